The van der Waals surface area contributed by atoms with E-state index in [0.29, 0.717) is 12.6 Å². The van der Waals surface area contributed by atoms with Gasteiger partial charge in [0.2, 0.25) is 0 Å². The molecule has 1 heterocycles. The van der Waals surface area contributed by atoms with Crippen molar-refractivity contribution in [1.82, 2.24) is 4.90 Å². The first-order valence-electron chi connectivity index (χ1n) is 9.32. The van der Waals surface area contributed by atoms with Crippen molar-refractivity contribution in [2.75, 3.05) is 6.54 Å². The molecule has 0 aliphatic heterocycles. The highest BCUT2D eigenvalue weighted by molar-refractivity contribution is 7.10. The van der Waals surface area contributed by atoms with Crippen LogP contribution in [-0.4, -0.2) is 28.6 Å². The molecule has 26 heavy (non-hydrogen) atoms. The molecular weight excluding hydrogens is 346 g/mol. The molecule has 3 rings (SSSR count). The number of ether oxygens (including phenoxy) is 1. The zero-order valence-corrected chi connectivity index (χ0v) is 16.1. The van der Waals surface area contributed by atoms with Gasteiger partial charge in [0.25, 0.3) is 0 Å². The van der Waals surface area contributed by atoms with Crippen LogP contribution in [0.5, 0.6) is 5.75 Å². The lowest BCUT2D eigenvalue weighted by molar-refractivity contribution is -0.137. The number of hydrogen-bond acceptors (Lipinski definition) is 4. The SMILES string of the molecule is Cc1csc(CN(CCC(=O)O)Cc2cccc(OC3CCCC3)c2)c1. The Hall–Kier alpha value is -1.85. The zero-order valence-electron chi connectivity index (χ0n) is 15.3. The van der Waals surface area contributed by atoms with Crippen molar-refractivity contribution >= 4 is 17.3 Å². The zero-order chi connectivity index (χ0) is 18.4. The third kappa shape index (κ3) is 5.85. The number of carboxylic acids is 1. The van der Waals surface area contributed by atoms with Gasteiger partial charge in [-0.05, 0) is 67.3 Å². The molecule has 1 N–H and O–H groups in total. The van der Waals surface area contributed by atoms with Gasteiger partial charge in [0.15, 0.2) is 0 Å². The Bertz CT molecular complexity index is 722. The van der Waals surface area contributed by atoms with E-state index < -0.39 is 5.97 Å². The van der Waals surface area contributed by atoms with Gasteiger partial charge in [-0.15, -0.1) is 11.3 Å². The van der Waals surface area contributed by atoms with Gasteiger partial charge in [-0.2, -0.15) is 0 Å². The van der Waals surface area contributed by atoms with Crippen molar-refractivity contribution in [3.05, 3.63) is 51.7 Å². The second-order valence-electron chi connectivity index (χ2n) is 7.12. The fourth-order valence-electron chi connectivity index (χ4n) is 3.44. The summed E-state index contributed by atoms with van der Waals surface area (Å²) in [6.07, 6.45) is 5.31. The summed E-state index contributed by atoms with van der Waals surface area (Å²) in [7, 11) is 0. The highest BCUT2D eigenvalue weighted by Crippen LogP contribution is 2.25. The number of aliphatic carboxylic acids is 1. The lowest BCUT2D eigenvalue weighted by atomic mass is 10.2. The van der Waals surface area contributed by atoms with Crippen LogP contribution in [0.3, 0.4) is 0 Å². The Morgan fingerprint density at radius 3 is 2.77 bits per heavy atom. The van der Waals surface area contributed by atoms with Gasteiger partial charge >= 0.3 is 5.97 Å². The van der Waals surface area contributed by atoms with Gasteiger partial charge in [0.1, 0.15) is 5.75 Å². The molecule has 1 saturated carbocycles. The van der Waals surface area contributed by atoms with Gasteiger partial charge in [0.05, 0.1) is 12.5 Å². The Morgan fingerprint density at radius 1 is 1.27 bits per heavy atom. The van der Waals surface area contributed by atoms with Gasteiger partial charge in [-0.25, -0.2) is 0 Å². The average Bonchev–Trinajstić information content (AvgIpc) is 3.25. The van der Waals surface area contributed by atoms with E-state index in [1.54, 1.807) is 11.3 Å². The third-order valence-corrected chi connectivity index (χ3v) is 5.76. The Balaban J connectivity index is 1.65. The normalized spacial score (nSPS) is 14.8. The van der Waals surface area contributed by atoms with Crippen LogP contribution in [-0.2, 0) is 17.9 Å². The summed E-state index contributed by atoms with van der Waals surface area (Å²) in [6.45, 7) is 4.14. The Kier molecular flexibility index (Phi) is 6.69. The molecule has 0 atom stereocenters. The first kappa shape index (κ1) is 18.9. The van der Waals surface area contributed by atoms with Crippen LogP contribution >= 0.6 is 11.3 Å². The summed E-state index contributed by atoms with van der Waals surface area (Å²) in [4.78, 5) is 14.5. The number of carboxylic acid groups (broad SMARTS) is 1. The number of nitrogens with zero attached hydrogens (tertiary/aromatic N) is 1. The highest BCUT2D eigenvalue weighted by Gasteiger charge is 2.17. The molecule has 140 valence electrons. The van der Waals surface area contributed by atoms with Crippen molar-refractivity contribution in [2.24, 2.45) is 0 Å². The molecule has 2 aromatic rings. The Labute approximate surface area is 159 Å². The summed E-state index contributed by atoms with van der Waals surface area (Å²) >= 11 is 1.73. The van der Waals surface area contributed by atoms with E-state index in [4.69, 9.17) is 9.84 Å². The Morgan fingerprint density at radius 2 is 2.08 bits per heavy atom. The minimum atomic E-state index is -0.754. The quantitative estimate of drug-likeness (QED) is 0.682. The summed E-state index contributed by atoms with van der Waals surface area (Å²) in [5.41, 5.74) is 2.43. The third-order valence-electron chi connectivity index (χ3n) is 4.72. The van der Waals surface area contributed by atoms with E-state index >= 15 is 0 Å². The maximum absolute atomic E-state index is 11.0. The number of carbonyl (C=O) groups is 1. The first-order valence-corrected chi connectivity index (χ1v) is 10.2. The topological polar surface area (TPSA) is 49.8 Å². The minimum Gasteiger partial charge on any atom is -0.490 e. The van der Waals surface area contributed by atoms with Crippen LogP contribution in [0.25, 0.3) is 0 Å². The van der Waals surface area contributed by atoms with E-state index in [1.165, 1.54) is 28.8 Å². The number of benzene rings is 1. The molecule has 1 aromatic heterocycles. The minimum absolute atomic E-state index is 0.155. The van der Waals surface area contributed by atoms with Crippen molar-refractivity contribution in [2.45, 2.75) is 58.2 Å². The number of hydrogen-bond donors (Lipinski definition) is 1. The molecule has 0 bridgehead atoms. The predicted molar refractivity (Wildman–Crippen MR) is 105 cm³/mol. The molecule has 0 unspecified atom stereocenters. The van der Waals surface area contributed by atoms with Crippen LogP contribution in [0.1, 0.15) is 48.1 Å². The summed E-state index contributed by atoms with van der Waals surface area (Å²) in [6, 6.07) is 10.4. The smallest absolute Gasteiger partial charge is 0.304 e. The monoisotopic (exact) mass is 373 g/mol. The molecule has 0 spiro atoms. The van der Waals surface area contributed by atoms with Crippen LogP contribution < -0.4 is 4.74 Å². The van der Waals surface area contributed by atoms with Crippen LogP contribution in [0, 0.1) is 6.92 Å². The predicted octanol–water partition coefficient (Wildman–Crippen LogP) is 4.85. The van der Waals surface area contributed by atoms with Crippen molar-refractivity contribution < 1.29 is 14.6 Å². The van der Waals surface area contributed by atoms with Gasteiger partial charge < -0.3 is 9.84 Å². The molecule has 1 fully saturated rings. The molecule has 4 nitrogen and oxygen atoms in total. The van der Waals surface area contributed by atoms with Crippen LogP contribution in [0.4, 0.5) is 0 Å². The van der Waals surface area contributed by atoms with Gasteiger partial charge in [0, 0.05) is 24.5 Å². The largest absolute Gasteiger partial charge is 0.490 e. The molecule has 1 aromatic carbocycles. The molecule has 0 amide bonds. The fraction of sp³-hybridized carbons (Fsp3) is 0.476. The lowest BCUT2D eigenvalue weighted by Crippen LogP contribution is -2.25. The number of rotatable bonds is 9. The maximum Gasteiger partial charge on any atom is 0.304 e. The average molecular weight is 374 g/mol. The molecule has 1 aliphatic rings. The van der Waals surface area contributed by atoms with Crippen molar-refractivity contribution in [1.29, 1.82) is 0 Å². The summed E-state index contributed by atoms with van der Waals surface area (Å²) < 4.78 is 6.11. The van der Waals surface area contributed by atoms with E-state index in [1.807, 2.05) is 12.1 Å². The standard InChI is InChI=1S/C21H27NO3S/c1-16-11-20(26-15-16)14-22(10-9-21(23)24)13-17-5-4-8-19(12-17)25-18-6-2-3-7-18/h4-5,8,11-12,15,18H,2-3,6-7,9-10,13-14H2,1H3,(H,23,24). The fourth-order valence-corrected chi connectivity index (χ4v) is 4.35. The van der Waals surface area contributed by atoms with E-state index in [9.17, 15) is 4.79 Å². The highest BCUT2D eigenvalue weighted by atomic mass is 32.1. The second kappa shape index (κ2) is 9.19. The lowest BCUT2D eigenvalue weighted by Gasteiger charge is -2.22. The van der Waals surface area contributed by atoms with E-state index in [2.05, 4.69) is 35.4 Å². The molecular formula is C21H27NO3S. The number of aryl methyl sites for hydroxylation is 1. The van der Waals surface area contributed by atoms with E-state index in [-0.39, 0.29) is 6.42 Å². The van der Waals surface area contributed by atoms with Crippen LogP contribution in [0.15, 0.2) is 35.7 Å². The summed E-state index contributed by atoms with van der Waals surface area (Å²) in [5.74, 6) is 0.176. The molecule has 5 heteroatoms. The van der Waals surface area contributed by atoms with Crippen LogP contribution in [0.2, 0.25) is 0 Å². The van der Waals surface area contributed by atoms with Gasteiger partial charge in [-0.1, -0.05) is 12.1 Å². The number of thiophene rings is 1. The molecule has 1 aliphatic carbocycles. The van der Waals surface area contributed by atoms with Crippen molar-refractivity contribution in [3.8, 4) is 5.75 Å². The van der Waals surface area contributed by atoms with E-state index in [0.717, 1.165) is 31.7 Å². The maximum atomic E-state index is 11.0. The summed E-state index contributed by atoms with van der Waals surface area (Å²) in [5, 5.41) is 11.2. The molecule has 0 saturated heterocycles. The van der Waals surface area contributed by atoms with Gasteiger partial charge in [-0.3, -0.25) is 9.69 Å². The van der Waals surface area contributed by atoms with Crippen molar-refractivity contribution in [3.63, 3.8) is 0 Å². The molecule has 0 radical (unpaired) electrons. The second-order valence-corrected chi connectivity index (χ2v) is 8.11. The first-order chi connectivity index (χ1) is 12.6.